The summed E-state index contributed by atoms with van der Waals surface area (Å²) >= 11 is 0. The summed E-state index contributed by atoms with van der Waals surface area (Å²) in [5.74, 6) is -0.810. The summed E-state index contributed by atoms with van der Waals surface area (Å²) < 4.78 is 43.7. The Kier molecular flexibility index (Phi) is 8.13. The molecule has 11 heteroatoms. The molecule has 8 nitrogen and oxygen atoms in total. The zero-order chi connectivity index (χ0) is 29.1. The molecule has 1 aliphatic heterocycles. The second-order valence-electron chi connectivity index (χ2n) is 10.4. The standard InChI is InChI=1S/C29H29F3N4O4/c1-28(2,3)40-26(38)19-8-6-18(7-9-19)23-15-14-22(17-33-23)34-25(37)24-5-4-16-36(24)27(39)35-21-12-10-20(11-13-21)29(30,31)32/h6-15,17,24H,4-5,16H2,1-3H3,(H,34,37)(H,35,39)/t24-/m1/s1. The van der Waals surface area contributed by atoms with E-state index in [9.17, 15) is 27.6 Å². The fourth-order valence-electron chi connectivity index (χ4n) is 4.20. The van der Waals surface area contributed by atoms with Gasteiger partial charge < -0.3 is 20.3 Å². The molecular weight excluding hydrogens is 525 g/mol. The first-order valence-electron chi connectivity index (χ1n) is 12.7. The molecule has 2 heterocycles. The molecule has 0 radical (unpaired) electrons. The van der Waals surface area contributed by atoms with Gasteiger partial charge in [-0.25, -0.2) is 9.59 Å². The summed E-state index contributed by atoms with van der Waals surface area (Å²) in [5, 5.41) is 5.33. The highest BCUT2D eigenvalue weighted by atomic mass is 19.4. The number of carbonyl (C=O) groups excluding carboxylic acids is 3. The SMILES string of the molecule is CC(C)(C)OC(=O)c1ccc(-c2ccc(NC(=O)[C@H]3CCCN3C(=O)Nc3ccc(C(F)(F)F)cc3)cn2)cc1. The lowest BCUT2D eigenvalue weighted by Gasteiger charge is -2.24. The zero-order valence-electron chi connectivity index (χ0n) is 22.2. The number of urea groups is 1. The lowest BCUT2D eigenvalue weighted by Crippen LogP contribution is -2.45. The van der Waals surface area contributed by atoms with Crippen LogP contribution in [0.4, 0.5) is 29.3 Å². The number of pyridine rings is 1. The number of nitrogens with one attached hydrogen (secondary N) is 2. The van der Waals surface area contributed by atoms with Crippen molar-refractivity contribution in [3.63, 3.8) is 0 Å². The van der Waals surface area contributed by atoms with Gasteiger partial charge in [-0.1, -0.05) is 12.1 Å². The van der Waals surface area contributed by atoms with E-state index in [4.69, 9.17) is 4.74 Å². The molecule has 210 valence electrons. The first-order chi connectivity index (χ1) is 18.8. The Labute approximate surface area is 229 Å². The van der Waals surface area contributed by atoms with Crippen LogP contribution in [0.15, 0.2) is 66.9 Å². The summed E-state index contributed by atoms with van der Waals surface area (Å²) in [5.41, 5.74) is 1.05. The quantitative estimate of drug-likeness (QED) is 0.358. The van der Waals surface area contributed by atoms with Crippen molar-refractivity contribution < 1.29 is 32.3 Å². The van der Waals surface area contributed by atoms with E-state index in [1.165, 1.54) is 23.2 Å². The molecule has 0 saturated carbocycles. The van der Waals surface area contributed by atoms with Gasteiger partial charge in [0.1, 0.15) is 11.6 Å². The van der Waals surface area contributed by atoms with Crippen LogP contribution in [0.2, 0.25) is 0 Å². The minimum atomic E-state index is -4.47. The van der Waals surface area contributed by atoms with E-state index in [0.717, 1.165) is 17.7 Å². The summed E-state index contributed by atoms with van der Waals surface area (Å²) in [4.78, 5) is 43.7. The van der Waals surface area contributed by atoms with Gasteiger partial charge in [0.05, 0.1) is 28.7 Å². The van der Waals surface area contributed by atoms with Crippen LogP contribution < -0.4 is 10.6 Å². The Balaban J connectivity index is 1.35. The Morgan fingerprint density at radius 1 is 0.900 bits per heavy atom. The molecule has 0 spiro atoms. The van der Waals surface area contributed by atoms with E-state index in [0.29, 0.717) is 36.3 Å². The molecule has 0 aliphatic carbocycles. The molecule has 1 saturated heterocycles. The van der Waals surface area contributed by atoms with Crippen molar-refractivity contribution in [2.75, 3.05) is 17.2 Å². The van der Waals surface area contributed by atoms with Gasteiger partial charge >= 0.3 is 18.2 Å². The third-order valence-electron chi connectivity index (χ3n) is 6.13. The molecule has 3 aromatic rings. The number of ether oxygens (including phenoxy) is 1. The first kappa shape index (κ1) is 28.6. The van der Waals surface area contributed by atoms with E-state index < -0.39 is 41.3 Å². The van der Waals surface area contributed by atoms with Gasteiger partial charge in [0.2, 0.25) is 5.91 Å². The van der Waals surface area contributed by atoms with E-state index in [2.05, 4.69) is 15.6 Å². The van der Waals surface area contributed by atoms with Crippen LogP contribution in [0.5, 0.6) is 0 Å². The number of likely N-dealkylation sites (tertiary alicyclic amines) is 1. The highest BCUT2D eigenvalue weighted by molar-refractivity contribution is 5.99. The molecule has 1 aromatic heterocycles. The van der Waals surface area contributed by atoms with Gasteiger partial charge in [-0.2, -0.15) is 13.2 Å². The smallest absolute Gasteiger partial charge is 0.416 e. The van der Waals surface area contributed by atoms with E-state index in [-0.39, 0.29) is 5.69 Å². The molecule has 0 bridgehead atoms. The zero-order valence-corrected chi connectivity index (χ0v) is 22.2. The number of alkyl halides is 3. The fourth-order valence-corrected chi connectivity index (χ4v) is 4.20. The minimum Gasteiger partial charge on any atom is -0.456 e. The van der Waals surface area contributed by atoms with Crippen molar-refractivity contribution in [2.24, 2.45) is 0 Å². The molecule has 1 atom stereocenters. The number of aromatic nitrogens is 1. The molecule has 40 heavy (non-hydrogen) atoms. The second-order valence-corrected chi connectivity index (χ2v) is 10.4. The number of rotatable bonds is 5. The highest BCUT2D eigenvalue weighted by Crippen LogP contribution is 2.30. The van der Waals surface area contributed by atoms with Crippen molar-refractivity contribution in [3.05, 3.63) is 78.0 Å². The van der Waals surface area contributed by atoms with Crippen LogP contribution in [0.3, 0.4) is 0 Å². The molecule has 2 N–H and O–H groups in total. The van der Waals surface area contributed by atoms with Crippen LogP contribution in [-0.4, -0.2) is 46.0 Å². The number of carbonyl (C=O) groups is 3. The fraction of sp³-hybridized carbons (Fsp3) is 0.310. The topological polar surface area (TPSA) is 101 Å². The van der Waals surface area contributed by atoms with Crippen molar-refractivity contribution in [3.8, 4) is 11.3 Å². The average Bonchev–Trinajstić information content (AvgIpc) is 3.39. The van der Waals surface area contributed by atoms with Gasteiger partial charge in [-0.05, 0) is 82.1 Å². The number of amides is 3. The van der Waals surface area contributed by atoms with E-state index in [1.807, 2.05) is 0 Å². The molecule has 0 unspecified atom stereocenters. The molecule has 2 aromatic carbocycles. The summed E-state index contributed by atoms with van der Waals surface area (Å²) in [6.45, 7) is 5.73. The van der Waals surface area contributed by atoms with Gasteiger partial charge in [0, 0.05) is 17.8 Å². The Morgan fingerprint density at radius 3 is 2.12 bits per heavy atom. The van der Waals surface area contributed by atoms with Crippen molar-refractivity contribution >= 4 is 29.3 Å². The molecular formula is C29H29F3N4O4. The minimum absolute atomic E-state index is 0.197. The Hall–Kier alpha value is -4.41. The third kappa shape index (κ3) is 7.16. The number of anilines is 2. The summed E-state index contributed by atoms with van der Waals surface area (Å²) in [6.07, 6.45) is -1.92. The van der Waals surface area contributed by atoms with Gasteiger partial charge in [-0.15, -0.1) is 0 Å². The molecule has 1 aliphatic rings. The summed E-state index contributed by atoms with van der Waals surface area (Å²) in [6, 6.07) is 13.0. The predicted octanol–water partition coefficient (Wildman–Crippen LogP) is 6.36. The van der Waals surface area contributed by atoms with Crippen LogP contribution in [0.1, 0.15) is 49.5 Å². The lowest BCUT2D eigenvalue weighted by molar-refractivity contribution is -0.137. The maximum atomic E-state index is 13.0. The second kappa shape index (κ2) is 11.4. The van der Waals surface area contributed by atoms with Crippen LogP contribution >= 0.6 is 0 Å². The number of nitrogens with zero attached hydrogens (tertiary/aromatic N) is 2. The Bertz CT molecular complexity index is 1370. The molecule has 1 fully saturated rings. The number of hydrogen-bond acceptors (Lipinski definition) is 5. The third-order valence-corrected chi connectivity index (χ3v) is 6.13. The predicted molar refractivity (Wildman–Crippen MR) is 144 cm³/mol. The van der Waals surface area contributed by atoms with Crippen LogP contribution in [0, 0.1) is 0 Å². The average molecular weight is 555 g/mol. The number of hydrogen-bond donors (Lipinski definition) is 2. The van der Waals surface area contributed by atoms with Crippen LogP contribution in [0.25, 0.3) is 11.3 Å². The number of esters is 1. The van der Waals surface area contributed by atoms with Gasteiger partial charge in [-0.3, -0.25) is 9.78 Å². The normalized spacial score (nSPS) is 15.4. The largest absolute Gasteiger partial charge is 0.456 e. The Morgan fingerprint density at radius 2 is 1.55 bits per heavy atom. The van der Waals surface area contributed by atoms with E-state index >= 15 is 0 Å². The van der Waals surface area contributed by atoms with Crippen molar-refractivity contribution in [2.45, 2.75) is 51.4 Å². The van der Waals surface area contributed by atoms with Crippen molar-refractivity contribution in [1.29, 1.82) is 0 Å². The first-order valence-corrected chi connectivity index (χ1v) is 12.7. The maximum Gasteiger partial charge on any atom is 0.416 e. The van der Waals surface area contributed by atoms with Crippen LogP contribution in [-0.2, 0) is 15.7 Å². The molecule has 4 rings (SSSR count). The van der Waals surface area contributed by atoms with E-state index in [1.54, 1.807) is 57.2 Å². The maximum absolute atomic E-state index is 13.0. The highest BCUT2D eigenvalue weighted by Gasteiger charge is 2.35. The number of halogens is 3. The lowest BCUT2D eigenvalue weighted by atomic mass is 10.1. The molecule has 3 amide bonds. The van der Waals surface area contributed by atoms with Gasteiger partial charge in [0.15, 0.2) is 0 Å². The van der Waals surface area contributed by atoms with Gasteiger partial charge in [0.25, 0.3) is 0 Å². The number of benzene rings is 2. The summed E-state index contributed by atoms with van der Waals surface area (Å²) in [7, 11) is 0. The monoisotopic (exact) mass is 554 g/mol. The van der Waals surface area contributed by atoms with Crippen molar-refractivity contribution in [1.82, 2.24) is 9.88 Å².